The fraction of sp³-hybridized carbons (Fsp3) is 0.300. The Morgan fingerprint density at radius 3 is 2.48 bits per heavy atom. The number of ether oxygens (including phenoxy) is 4. The van der Waals surface area contributed by atoms with E-state index in [9.17, 15) is 9.59 Å². The van der Waals surface area contributed by atoms with Crippen LogP contribution in [0.3, 0.4) is 0 Å². The second-order valence-corrected chi connectivity index (χ2v) is 5.85. The van der Waals surface area contributed by atoms with E-state index in [0.717, 1.165) is 0 Å². The summed E-state index contributed by atoms with van der Waals surface area (Å²) in [6, 6.07) is 13.5. The van der Waals surface area contributed by atoms with Crippen LogP contribution in [0.1, 0.15) is 10.4 Å². The summed E-state index contributed by atoms with van der Waals surface area (Å²) >= 11 is 0. The molecule has 0 aromatic heterocycles. The molecule has 0 aliphatic carbocycles. The van der Waals surface area contributed by atoms with Gasteiger partial charge in [0.15, 0.2) is 18.1 Å². The first kappa shape index (κ1) is 18.7. The zero-order valence-corrected chi connectivity index (χ0v) is 15.1. The predicted octanol–water partition coefficient (Wildman–Crippen LogP) is 2.15. The van der Waals surface area contributed by atoms with Crippen molar-refractivity contribution in [3.63, 3.8) is 0 Å². The van der Waals surface area contributed by atoms with Gasteiger partial charge in [-0.15, -0.1) is 0 Å². The van der Waals surface area contributed by atoms with Crippen molar-refractivity contribution in [2.45, 2.75) is 0 Å². The average molecular weight is 371 g/mol. The van der Waals surface area contributed by atoms with Gasteiger partial charge < -0.3 is 23.8 Å². The molecule has 0 bridgehead atoms. The Morgan fingerprint density at radius 1 is 1.04 bits per heavy atom. The number of hydrogen-bond donors (Lipinski definition) is 0. The average Bonchev–Trinajstić information content (AvgIpc) is 2.73. The first-order valence-electron chi connectivity index (χ1n) is 8.61. The van der Waals surface area contributed by atoms with Crippen LogP contribution < -0.4 is 14.2 Å². The summed E-state index contributed by atoms with van der Waals surface area (Å²) < 4.78 is 21.4. The third-order valence-electron chi connectivity index (χ3n) is 4.07. The smallest absolute Gasteiger partial charge is 0.343 e. The number of para-hydroxylation sites is 1. The second-order valence-electron chi connectivity index (χ2n) is 5.85. The van der Waals surface area contributed by atoms with Crippen LogP contribution in [0.25, 0.3) is 0 Å². The van der Waals surface area contributed by atoms with Gasteiger partial charge in [-0.25, -0.2) is 4.79 Å². The molecule has 2 aromatic rings. The molecule has 142 valence electrons. The minimum absolute atomic E-state index is 0.107. The molecule has 7 nitrogen and oxygen atoms in total. The molecule has 0 radical (unpaired) electrons. The van der Waals surface area contributed by atoms with Crippen LogP contribution in [0.15, 0.2) is 48.5 Å². The Morgan fingerprint density at radius 2 is 1.78 bits per heavy atom. The van der Waals surface area contributed by atoms with Crippen molar-refractivity contribution in [3.05, 3.63) is 54.1 Å². The molecule has 1 aliphatic heterocycles. The van der Waals surface area contributed by atoms with E-state index in [0.29, 0.717) is 49.1 Å². The van der Waals surface area contributed by atoms with Crippen LogP contribution >= 0.6 is 0 Å². The summed E-state index contributed by atoms with van der Waals surface area (Å²) in [4.78, 5) is 26.2. The van der Waals surface area contributed by atoms with Gasteiger partial charge >= 0.3 is 5.97 Å². The summed E-state index contributed by atoms with van der Waals surface area (Å²) in [7, 11) is 1.47. The van der Waals surface area contributed by atoms with Crippen molar-refractivity contribution in [1.82, 2.24) is 4.90 Å². The van der Waals surface area contributed by atoms with Crippen molar-refractivity contribution in [1.29, 1.82) is 0 Å². The molecule has 0 spiro atoms. The highest BCUT2D eigenvalue weighted by Gasteiger charge is 2.19. The number of morpholine rings is 1. The molecule has 1 amide bonds. The molecule has 0 unspecified atom stereocenters. The molecular formula is C20H21NO6. The van der Waals surface area contributed by atoms with Gasteiger partial charge in [-0.1, -0.05) is 18.2 Å². The van der Waals surface area contributed by atoms with E-state index in [2.05, 4.69) is 0 Å². The maximum Gasteiger partial charge on any atom is 0.343 e. The van der Waals surface area contributed by atoms with Crippen LogP contribution in [-0.4, -0.2) is 56.8 Å². The van der Waals surface area contributed by atoms with Gasteiger partial charge in [0.05, 0.1) is 25.9 Å². The molecule has 0 saturated carbocycles. The van der Waals surface area contributed by atoms with Gasteiger partial charge in [0.2, 0.25) is 0 Å². The van der Waals surface area contributed by atoms with E-state index < -0.39 is 5.97 Å². The van der Waals surface area contributed by atoms with E-state index in [1.165, 1.54) is 13.2 Å². The fourth-order valence-corrected chi connectivity index (χ4v) is 2.61. The lowest BCUT2D eigenvalue weighted by Crippen LogP contribution is -2.43. The number of carbonyl (C=O) groups excluding carboxylic acids is 2. The van der Waals surface area contributed by atoms with Gasteiger partial charge in [0.25, 0.3) is 5.91 Å². The van der Waals surface area contributed by atoms with Crippen molar-refractivity contribution >= 4 is 11.9 Å². The van der Waals surface area contributed by atoms with E-state index in [4.69, 9.17) is 18.9 Å². The molecule has 0 N–H and O–H groups in total. The Kier molecular flexibility index (Phi) is 6.27. The van der Waals surface area contributed by atoms with Gasteiger partial charge in [-0.05, 0) is 30.3 Å². The second kappa shape index (κ2) is 9.05. The van der Waals surface area contributed by atoms with Gasteiger partial charge in [-0.2, -0.15) is 0 Å². The van der Waals surface area contributed by atoms with E-state index in [1.54, 1.807) is 41.3 Å². The number of methoxy groups -OCH3 is 1. The van der Waals surface area contributed by atoms with Crippen LogP contribution in [0.5, 0.6) is 17.2 Å². The summed E-state index contributed by atoms with van der Waals surface area (Å²) in [5.41, 5.74) is 0.322. The Balaban J connectivity index is 1.63. The highest BCUT2D eigenvalue weighted by atomic mass is 16.5. The standard InChI is InChI=1S/C20H21NO6/c1-24-18-13-15(20(23)27-16-5-3-2-4-6-16)7-8-17(18)26-14-19(22)21-9-11-25-12-10-21/h2-8,13H,9-12,14H2,1H3. The van der Waals surface area contributed by atoms with Crippen molar-refractivity contribution in [2.75, 3.05) is 40.0 Å². The zero-order chi connectivity index (χ0) is 19.1. The minimum Gasteiger partial charge on any atom is -0.493 e. The van der Waals surface area contributed by atoms with E-state index in [-0.39, 0.29) is 12.5 Å². The highest BCUT2D eigenvalue weighted by molar-refractivity contribution is 5.91. The molecule has 1 aliphatic rings. The fourth-order valence-electron chi connectivity index (χ4n) is 2.61. The number of esters is 1. The minimum atomic E-state index is -0.504. The van der Waals surface area contributed by atoms with E-state index >= 15 is 0 Å². The topological polar surface area (TPSA) is 74.3 Å². The van der Waals surface area contributed by atoms with Crippen molar-refractivity contribution in [2.24, 2.45) is 0 Å². The third-order valence-corrected chi connectivity index (χ3v) is 4.07. The van der Waals surface area contributed by atoms with Crippen molar-refractivity contribution < 1.29 is 28.5 Å². The predicted molar refractivity (Wildman–Crippen MR) is 97.3 cm³/mol. The summed E-state index contributed by atoms with van der Waals surface area (Å²) in [6.07, 6.45) is 0. The lowest BCUT2D eigenvalue weighted by Gasteiger charge is -2.26. The highest BCUT2D eigenvalue weighted by Crippen LogP contribution is 2.28. The molecule has 1 fully saturated rings. The number of hydrogen-bond acceptors (Lipinski definition) is 6. The van der Waals surface area contributed by atoms with Crippen LogP contribution in [0, 0.1) is 0 Å². The summed E-state index contributed by atoms with van der Waals surface area (Å²) in [5, 5.41) is 0. The monoisotopic (exact) mass is 371 g/mol. The molecule has 0 atom stereocenters. The van der Waals surface area contributed by atoms with Crippen LogP contribution in [0.4, 0.5) is 0 Å². The largest absolute Gasteiger partial charge is 0.493 e. The number of amides is 1. The maximum absolute atomic E-state index is 12.3. The quantitative estimate of drug-likeness (QED) is 0.572. The number of rotatable bonds is 6. The lowest BCUT2D eigenvalue weighted by molar-refractivity contribution is -0.137. The zero-order valence-electron chi connectivity index (χ0n) is 15.1. The van der Waals surface area contributed by atoms with E-state index in [1.807, 2.05) is 6.07 Å². The SMILES string of the molecule is COc1cc(C(=O)Oc2ccccc2)ccc1OCC(=O)N1CCOCC1. The normalized spacial score (nSPS) is 13.7. The van der Waals surface area contributed by atoms with Crippen LogP contribution in [-0.2, 0) is 9.53 Å². The molecule has 1 heterocycles. The van der Waals surface area contributed by atoms with Gasteiger partial charge in [0, 0.05) is 13.1 Å². The van der Waals surface area contributed by atoms with Crippen LogP contribution in [0.2, 0.25) is 0 Å². The Hall–Kier alpha value is -3.06. The molecule has 27 heavy (non-hydrogen) atoms. The third kappa shape index (κ3) is 4.98. The maximum atomic E-state index is 12.3. The molecule has 1 saturated heterocycles. The number of benzene rings is 2. The molecule has 7 heteroatoms. The summed E-state index contributed by atoms with van der Waals surface area (Å²) in [6.45, 7) is 2.08. The van der Waals surface area contributed by atoms with Crippen molar-refractivity contribution in [3.8, 4) is 17.2 Å². The molecular weight excluding hydrogens is 350 g/mol. The lowest BCUT2D eigenvalue weighted by atomic mass is 10.2. The number of nitrogens with zero attached hydrogens (tertiary/aromatic N) is 1. The first-order valence-corrected chi connectivity index (χ1v) is 8.61. The van der Waals surface area contributed by atoms with Gasteiger partial charge in [-0.3, -0.25) is 4.79 Å². The molecule has 3 rings (SSSR count). The first-order chi connectivity index (χ1) is 13.2. The Labute approximate surface area is 157 Å². The van der Waals surface area contributed by atoms with Gasteiger partial charge in [0.1, 0.15) is 5.75 Å². The molecule has 2 aromatic carbocycles. The number of carbonyl (C=O) groups is 2. The summed E-state index contributed by atoms with van der Waals surface area (Å²) in [5.74, 6) is 0.573. The Bertz CT molecular complexity index is 786.